The second kappa shape index (κ2) is 2.78. The van der Waals surface area contributed by atoms with Gasteiger partial charge in [0.15, 0.2) is 11.5 Å². The van der Waals surface area contributed by atoms with E-state index < -0.39 is 11.6 Å². The largest absolute Gasteiger partial charge is 0.504 e. The molecule has 0 aliphatic heterocycles. The molecule has 3 heteroatoms. The Morgan fingerprint density at radius 2 is 1.82 bits per heavy atom. The number of hydrogen-bond acceptors (Lipinski definition) is 2. The minimum Gasteiger partial charge on any atom is -0.504 e. The Hall–Kier alpha value is -1.25. The maximum Gasteiger partial charge on any atom is 0.160 e. The van der Waals surface area contributed by atoms with Crippen LogP contribution in [0.5, 0.6) is 11.5 Å². The topological polar surface area (TPSA) is 40.5 Å². The molecule has 0 aliphatic rings. The summed E-state index contributed by atoms with van der Waals surface area (Å²) in [5.41, 5.74) is 0.403. The first kappa shape index (κ1) is 7.85. The van der Waals surface area contributed by atoms with Gasteiger partial charge in [-0.1, -0.05) is 6.92 Å². The Bertz CT molecular complexity index is 271. The van der Waals surface area contributed by atoms with Crippen LogP contribution in [0.25, 0.3) is 0 Å². The number of hydrogen-bond donors (Lipinski definition) is 2. The second-order valence-corrected chi connectivity index (χ2v) is 2.29. The molecular formula is C8H9FO2. The highest BCUT2D eigenvalue weighted by atomic mass is 19.1. The van der Waals surface area contributed by atoms with Gasteiger partial charge in [0, 0.05) is 6.07 Å². The molecule has 1 aromatic carbocycles. The molecule has 0 aliphatic carbocycles. The molecule has 0 radical (unpaired) electrons. The van der Waals surface area contributed by atoms with Gasteiger partial charge in [-0.25, -0.2) is 4.39 Å². The van der Waals surface area contributed by atoms with E-state index in [2.05, 4.69) is 0 Å². The first-order valence-electron chi connectivity index (χ1n) is 3.35. The van der Waals surface area contributed by atoms with Crippen LogP contribution in [0.1, 0.15) is 12.5 Å². The number of aryl methyl sites for hydroxylation is 1. The number of halogens is 1. The van der Waals surface area contributed by atoms with Crippen molar-refractivity contribution in [3.63, 3.8) is 0 Å². The Kier molecular flexibility index (Phi) is 1.98. The molecule has 0 heterocycles. The Morgan fingerprint density at radius 3 is 2.36 bits per heavy atom. The first-order chi connectivity index (χ1) is 5.15. The standard InChI is InChI=1S/C8H9FO2/c1-2-5-3-7(10)8(11)4-6(5)9/h3-4,10-11H,2H2,1H3. The van der Waals surface area contributed by atoms with E-state index in [0.717, 1.165) is 6.07 Å². The lowest BCUT2D eigenvalue weighted by atomic mass is 10.1. The van der Waals surface area contributed by atoms with E-state index in [1.165, 1.54) is 6.07 Å². The van der Waals surface area contributed by atoms with Crippen LogP contribution in [-0.2, 0) is 6.42 Å². The predicted octanol–water partition coefficient (Wildman–Crippen LogP) is 1.80. The van der Waals surface area contributed by atoms with E-state index in [1.54, 1.807) is 6.92 Å². The van der Waals surface area contributed by atoms with Crippen LogP contribution in [0, 0.1) is 5.82 Å². The number of rotatable bonds is 1. The molecule has 0 aromatic heterocycles. The summed E-state index contributed by atoms with van der Waals surface area (Å²) in [5.74, 6) is -1.18. The molecular weight excluding hydrogens is 147 g/mol. The molecule has 0 fully saturated rings. The molecule has 0 spiro atoms. The normalized spacial score (nSPS) is 10.0. The van der Waals surface area contributed by atoms with Gasteiger partial charge >= 0.3 is 0 Å². The minimum absolute atomic E-state index is 0.275. The first-order valence-corrected chi connectivity index (χ1v) is 3.35. The van der Waals surface area contributed by atoms with E-state index >= 15 is 0 Å². The third-order valence-corrected chi connectivity index (χ3v) is 1.52. The van der Waals surface area contributed by atoms with Gasteiger partial charge in [-0.15, -0.1) is 0 Å². The van der Waals surface area contributed by atoms with Crippen molar-refractivity contribution in [3.05, 3.63) is 23.5 Å². The molecule has 0 saturated heterocycles. The monoisotopic (exact) mass is 156 g/mol. The average Bonchev–Trinajstić information content (AvgIpc) is 1.97. The SMILES string of the molecule is CCc1cc(O)c(O)cc1F. The van der Waals surface area contributed by atoms with Gasteiger partial charge in [0.25, 0.3) is 0 Å². The van der Waals surface area contributed by atoms with Crippen LogP contribution in [0.2, 0.25) is 0 Å². The zero-order valence-corrected chi connectivity index (χ0v) is 6.13. The van der Waals surface area contributed by atoms with Gasteiger partial charge in [0.1, 0.15) is 5.82 Å². The van der Waals surface area contributed by atoms with E-state index in [1.807, 2.05) is 0 Å². The summed E-state index contributed by atoms with van der Waals surface area (Å²) in [6.07, 6.45) is 0.500. The summed E-state index contributed by atoms with van der Waals surface area (Å²) >= 11 is 0. The van der Waals surface area contributed by atoms with E-state index in [9.17, 15) is 4.39 Å². The minimum atomic E-state index is -0.484. The van der Waals surface area contributed by atoms with Crippen LogP contribution in [0.4, 0.5) is 4.39 Å². The van der Waals surface area contributed by atoms with Crippen LogP contribution >= 0.6 is 0 Å². The smallest absolute Gasteiger partial charge is 0.160 e. The highest BCUT2D eigenvalue weighted by Gasteiger charge is 2.05. The van der Waals surface area contributed by atoms with Crippen molar-refractivity contribution in [2.45, 2.75) is 13.3 Å². The van der Waals surface area contributed by atoms with E-state index in [-0.39, 0.29) is 5.75 Å². The summed E-state index contributed by atoms with van der Waals surface area (Å²) in [7, 11) is 0. The summed E-state index contributed by atoms with van der Waals surface area (Å²) in [6, 6.07) is 2.14. The van der Waals surface area contributed by atoms with Crippen LogP contribution in [0.3, 0.4) is 0 Å². The fourth-order valence-electron chi connectivity index (χ4n) is 0.866. The van der Waals surface area contributed by atoms with Crippen molar-refractivity contribution < 1.29 is 14.6 Å². The maximum atomic E-state index is 12.8. The zero-order valence-electron chi connectivity index (χ0n) is 6.13. The fourth-order valence-corrected chi connectivity index (χ4v) is 0.866. The van der Waals surface area contributed by atoms with Gasteiger partial charge in [-0.3, -0.25) is 0 Å². The van der Waals surface area contributed by atoms with Gasteiger partial charge < -0.3 is 10.2 Å². The van der Waals surface area contributed by atoms with Crippen LogP contribution in [0.15, 0.2) is 12.1 Å². The van der Waals surface area contributed by atoms with Crippen molar-refractivity contribution in [1.82, 2.24) is 0 Å². The van der Waals surface area contributed by atoms with Crippen molar-refractivity contribution in [2.24, 2.45) is 0 Å². The average molecular weight is 156 g/mol. The molecule has 1 aromatic rings. The van der Waals surface area contributed by atoms with Gasteiger partial charge in [0.2, 0.25) is 0 Å². The molecule has 11 heavy (non-hydrogen) atoms. The molecule has 0 amide bonds. The molecule has 0 saturated carbocycles. The number of aromatic hydroxyl groups is 2. The Balaban J connectivity index is 3.21. The molecule has 1 rings (SSSR count). The van der Waals surface area contributed by atoms with Gasteiger partial charge in [-0.2, -0.15) is 0 Å². The zero-order chi connectivity index (χ0) is 8.43. The third-order valence-electron chi connectivity index (χ3n) is 1.52. The quantitative estimate of drug-likeness (QED) is 0.608. The molecule has 0 atom stereocenters. The van der Waals surface area contributed by atoms with E-state index in [0.29, 0.717) is 12.0 Å². The number of benzene rings is 1. The lowest BCUT2D eigenvalue weighted by Gasteiger charge is -2.01. The predicted molar refractivity (Wildman–Crippen MR) is 39.1 cm³/mol. The highest BCUT2D eigenvalue weighted by molar-refractivity contribution is 5.41. The van der Waals surface area contributed by atoms with Crippen molar-refractivity contribution in [2.75, 3.05) is 0 Å². The third kappa shape index (κ3) is 1.42. The second-order valence-electron chi connectivity index (χ2n) is 2.29. The van der Waals surface area contributed by atoms with Crippen molar-refractivity contribution >= 4 is 0 Å². The fraction of sp³-hybridized carbons (Fsp3) is 0.250. The molecule has 2 nitrogen and oxygen atoms in total. The summed E-state index contributed by atoms with van der Waals surface area (Å²) < 4.78 is 12.8. The van der Waals surface area contributed by atoms with Crippen LogP contribution < -0.4 is 0 Å². The van der Waals surface area contributed by atoms with E-state index in [4.69, 9.17) is 10.2 Å². The van der Waals surface area contributed by atoms with Crippen LogP contribution in [-0.4, -0.2) is 10.2 Å². The van der Waals surface area contributed by atoms with Gasteiger partial charge in [0.05, 0.1) is 0 Å². The number of phenolic OH excluding ortho intramolecular Hbond substituents is 2. The molecule has 0 bridgehead atoms. The maximum absolute atomic E-state index is 12.8. The highest BCUT2D eigenvalue weighted by Crippen LogP contribution is 2.27. The van der Waals surface area contributed by atoms with Crippen molar-refractivity contribution in [3.8, 4) is 11.5 Å². The number of phenols is 2. The summed E-state index contributed by atoms with van der Waals surface area (Å²) in [6.45, 7) is 1.77. The summed E-state index contributed by atoms with van der Waals surface area (Å²) in [5, 5.41) is 17.8. The molecule has 0 unspecified atom stereocenters. The lowest BCUT2D eigenvalue weighted by Crippen LogP contribution is -1.86. The Morgan fingerprint density at radius 1 is 1.27 bits per heavy atom. The lowest BCUT2D eigenvalue weighted by molar-refractivity contribution is 0.398. The molecule has 60 valence electrons. The van der Waals surface area contributed by atoms with Gasteiger partial charge in [-0.05, 0) is 18.1 Å². The molecule has 2 N–H and O–H groups in total. The Labute approximate surface area is 63.9 Å². The summed E-state index contributed by atoms with van der Waals surface area (Å²) in [4.78, 5) is 0. The van der Waals surface area contributed by atoms with Crippen molar-refractivity contribution in [1.29, 1.82) is 0 Å².